The van der Waals surface area contributed by atoms with E-state index in [0.717, 1.165) is 12.1 Å². The second-order valence-electron chi connectivity index (χ2n) is 6.67. The molecule has 0 aromatic heterocycles. The van der Waals surface area contributed by atoms with Crippen LogP contribution in [0.3, 0.4) is 0 Å². The first-order chi connectivity index (χ1) is 13.3. The number of amides is 2. The highest BCUT2D eigenvalue weighted by Crippen LogP contribution is 2.23. The molecule has 0 bridgehead atoms. The van der Waals surface area contributed by atoms with Crippen LogP contribution in [-0.4, -0.2) is 29.8 Å². The second-order valence-corrected chi connectivity index (χ2v) is 6.67. The van der Waals surface area contributed by atoms with Crippen LogP contribution in [-0.2, 0) is 16.0 Å². The summed E-state index contributed by atoms with van der Waals surface area (Å²) in [6.07, 6.45) is 0.771. The van der Waals surface area contributed by atoms with Gasteiger partial charge in [0.1, 0.15) is 5.82 Å². The number of nitrogens with zero attached hydrogens (tertiary/aromatic N) is 1. The normalized spacial score (nSPS) is 14.8. The van der Waals surface area contributed by atoms with E-state index in [9.17, 15) is 27.2 Å². The number of anilines is 1. The summed E-state index contributed by atoms with van der Waals surface area (Å²) in [7, 11) is 0. The minimum Gasteiger partial charge on any atom is -0.342 e. The molecule has 2 amide bonds. The van der Waals surface area contributed by atoms with Gasteiger partial charge in [-0.3, -0.25) is 9.59 Å². The van der Waals surface area contributed by atoms with Gasteiger partial charge < -0.3 is 10.2 Å². The van der Waals surface area contributed by atoms with Crippen LogP contribution in [0.5, 0.6) is 0 Å². The Labute approximate surface area is 159 Å². The Kier molecular flexibility index (Phi) is 5.96. The van der Waals surface area contributed by atoms with Crippen LogP contribution in [0.2, 0.25) is 0 Å². The van der Waals surface area contributed by atoms with Crippen LogP contribution in [0.25, 0.3) is 0 Å². The molecule has 0 spiro atoms. The number of hydrogen-bond donors (Lipinski definition) is 1. The average Bonchev–Trinajstić information content (AvgIpc) is 2.68. The fourth-order valence-electron chi connectivity index (χ4n) is 3.18. The summed E-state index contributed by atoms with van der Waals surface area (Å²) in [5, 5.41) is 2.27. The van der Waals surface area contributed by atoms with E-state index in [1.165, 1.54) is 18.2 Å². The lowest BCUT2D eigenvalue weighted by Gasteiger charge is -2.31. The van der Waals surface area contributed by atoms with Gasteiger partial charge >= 0.3 is 0 Å². The molecular weight excluding hydrogens is 376 g/mol. The number of likely N-dealkylation sites (tertiary alicyclic amines) is 1. The minimum absolute atomic E-state index is 0.0642. The number of hydrogen-bond acceptors (Lipinski definition) is 2. The third-order valence-electron chi connectivity index (χ3n) is 4.76. The van der Waals surface area contributed by atoms with Crippen molar-refractivity contribution in [2.75, 3.05) is 18.4 Å². The van der Waals surface area contributed by atoms with E-state index in [4.69, 9.17) is 0 Å². The van der Waals surface area contributed by atoms with E-state index in [1.54, 1.807) is 11.0 Å². The van der Waals surface area contributed by atoms with Crippen molar-refractivity contribution in [3.63, 3.8) is 0 Å². The first kappa shape index (κ1) is 19.9. The maximum atomic E-state index is 13.7. The lowest BCUT2D eigenvalue weighted by atomic mass is 9.95. The molecule has 1 heterocycles. The van der Waals surface area contributed by atoms with Gasteiger partial charge in [-0.1, -0.05) is 12.1 Å². The van der Waals surface area contributed by atoms with Gasteiger partial charge in [0.05, 0.1) is 12.1 Å². The third kappa shape index (κ3) is 4.49. The molecule has 3 rings (SSSR count). The predicted molar refractivity (Wildman–Crippen MR) is 94.4 cm³/mol. The van der Waals surface area contributed by atoms with Crippen molar-refractivity contribution >= 4 is 17.5 Å². The number of nitrogens with one attached hydrogen (secondary N) is 1. The third-order valence-corrected chi connectivity index (χ3v) is 4.76. The Hall–Kier alpha value is -2.90. The zero-order valence-electron chi connectivity index (χ0n) is 14.9. The highest BCUT2D eigenvalue weighted by molar-refractivity contribution is 5.93. The molecule has 0 atom stereocenters. The van der Waals surface area contributed by atoms with Crippen LogP contribution in [0.1, 0.15) is 18.4 Å². The number of piperidine rings is 1. The van der Waals surface area contributed by atoms with E-state index >= 15 is 0 Å². The van der Waals surface area contributed by atoms with Crippen LogP contribution in [0, 0.1) is 29.2 Å². The first-order valence-electron chi connectivity index (χ1n) is 8.81. The molecule has 1 saturated heterocycles. The van der Waals surface area contributed by atoms with Crippen molar-refractivity contribution in [1.82, 2.24) is 4.90 Å². The molecular formula is C20H18F4N2O2. The molecule has 0 saturated carbocycles. The lowest BCUT2D eigenvalue weighted by molar-refractivity contribution is -0.133. The zero-order valence-corrected chi connectivity index (χ0v) is 14.9. The largest absolute Gasteiger partial charge is 0.342 e. The van der Waals surface area contributed by atoms with E-state index in [-0.39, 0.29) is 12.3 Å². The number of carbonyl (C=O) groups is 2. The molecule has 1 aliphatic rings. The lowest BCUT2D eigenvalue weighted by Crippen LogP contribution is -2.42. The maximum absolute atomic E-state index is 13.7. The van der Waals surface area contributed by atoms with Gasteiger partial charge in [0, 0.05) is 19.0 Å². The second kappa shape index (κ2) is 8.41. The summed E-state index contributed by atoms with van der Waals surface area (Å²) in [6, 6.07) is 7.50. The Bertz CT molecular complexity index is 896. The Balaban J connectivity index is 1.54. The van der Waals surface area contributed by atoms with Crippen molar-refractivity contribution < 1.29 is 27.2 Å². The standard InChI is InChI=1S/C20H18F4N2O2/c21-14-3-1-2-12(10-14)11-17(27)26-8-6-13(7-9-26)20(28)25-16-5-4-15(22)18(23)19(16)24/h1-5,10,13H,6-9,11H2,(H,25,28). The van der Waals surface area contributed by atoms with Crippen LogP contribution >= 0.6 is 0 Å². The number of rotatable bonds is 4. The fraction of sp³-hybridized carbons (Fsp3) is 0.300. The molecule has 0 unspecified atom stereocenters. The molecule has 0 aliphatic carbocycles. The van der Waals surface area contributed by atoms with Crippen molar-refractivity contribution in [3.05, 3.63) is 65.2 Å². The molecule has 28 heavy (non-hydrogen) atoms. The summed E-state index contributed by atoms with van der Waals surface area (Å²) in [4.78, 5) is 26.2. The van der Waals surface area contributed by atoms with Crippen LogP contribution in [0.4, 0.5) is 23.2 Å². The highest BCUT2D eigenvalue weighted by atomic mass is 19.2. The van der Waals surface area contributed by atoms with E-state index in [1.807, 2.05) is 0 Å². The zero-order chi connectivity index (χ0) is 20.3. The molecule has 4 nitrogen and oxygen atoms in total. The van der Waals surface area contributed by atoms with Gasteiger partial charge in [-0.2, -0.15) is 0 Å². The molecule has 2 aromatic carbocycles. The highest BCUT2D eigenvalue weighted by Gasteiger charge is 2.28. The van der Waals surface area contributed by atoms with Gasteiger partial charge in [0.25, 0.3) is 0 Å². The molecule has 0 radical (unpaired) electrons. The average molecular weight is 394 g/mol. The van der Waals surface area contributed by atoms with E-state index < -0.39 is 40.8 Å². The Morgan fingerprint density at radius 2 is 1.71 bits per heavy atom. The van der Waals surface area contributed by atoms with Gasteiger partial charge in [-0.05, 0) is 42.7 Å². The summed E-state index contributed by atoms with van der Waals surface area (Å²) >= 11 is 0. The molecule has 148 valence electrons. The summed E-state index contributed by atoms with van der Waals surface area (Å²) in [6.45, 7) is 0.652. The van der Waals surface area contributed by atoms with Crippen LogP contribution < -0.4 is 5.32 Å². The first-order valence-corrected chi connectivity index (χ1v) is 8.81. The van der Waals surface area contributed by atoms with Gasteiger partial charge in [0.15, 0.2) is 17.5 Å². The molecule has 2 aromatic rings. The summed E-state index contributed by atoms with van der Waals surface area (Å²) < 4.78 is 53.1. The van der Waals surface area contributed by atoms with Crippen LogP contribution in [0.15, 0.2) is 36.4 Å². The predicted octanol–water partition coefficient (Wildman–Crippen LogP) is 3.66. The topological polar surface area (TPSA) is 49.4 Å². The van der Waals surface area contributed by atoms with Gasteiger partial charge in [-0.25, -0.2) is 17.6 Å². The quantitative estimate of drug-likeness (QED) is 0.636. The maximum Gasteiger partial charge on any atom is 0.227 e. The van der Waals surface area contributed by atoms with Gasteiger partial charge in [-0.15, -0.1) is 0 Å². The van der Waals surface area contributed by atoms with E-state index in [2.05, 4.69) is 5.32 Å². The number of benzene rings is 2. The Morgan fingerprint density at radius 3 is 2.39 bits per heavy atom. The number of carbonyl (C=O) groups excluding carboxylic acids is 2. The van der Waals surface area contributed by atoms with Gasteiger partial charge in [0.2, 0.25) is 11.8 Å². The minimum atomic E-state index is -1.64. The summed E-state index contributed by atoms with van der Waals surface area (Å²) in [5.74, 6) is -6.00. The monoisotopic (exact) mass is 394 g/mol. The van der Waals surface area contributed by atoms with Crippen molar-refractivity contribution in [1.29, 1.82) is 0 Å². The molecule has 1 N–H and O–H groups in total. The van der Waals surface area contributed by atoms with Crippen molar-refractivity contribution in [2.45, 2.75) is 19.3 Å². The smallest absolute Gasteiger partial charge is 0.227 e. The van der Waals surface area contributed by atoms with Crippen molar-refractivity contribution in [2.24, 2.45) is 5.92 Å². The molecule has 1 fully saturated rings. The molecule has 1 aliphatic heterocycles. The Morgan fingerprint density at radius 1 is 1.00 bits per heavy atom. The van der Waals surface area contributed by atoms with Crippen molar-refractivity contribution in [3.8, 4) is 0 Å². The fourth-order valence-corrected chi connectivity index (χ4v) is 3.18. The number of halogens is 4. The van der Waals surface area contributed by atoms with E-state index in [0.29, 0.717) is 31.5 Å². The SMILES string of the molecule is O=C(Nc1ccc(F)c(F)c1F)C1CCN(C(=O)Cc2cccc(F)c2)CC1. The summed E-state index contributed by atoms with van der Waals surface area (Å²) in [5.41, 5.74) is 0.146. The molecule has 8 heteroatoms.